The molecule has 3 aromatic rings. The van der Waals surface area contributed by atoms with Crippen LogP contribution in [0.1, 0.15) is 56.8 Å². The van der Waals surface area contributed by atoms with Gasteiger partial charge in [0.15, 0.2) is 11.9 Å². The van der Waals surface area contributed by atoms with Gasteiger partial charge in [-0.1, -0.05) is 43.8 Å². The summed E-state index contributed by atoms with van der Waals surface area (Å²) in [6.45, 7) is 8.20. The fraction of sp³-hybridized carbons (Fsp3) is 0.318. The van der Waals surface area contributed by atoms with Crippen molar-refractivity contribution in [1.82, 2.24) is 14.5 Å². The van der Waals surface area contributed by atoms with Gasteiger partial charge < -0.3 is 9.30 Å². The van der Waals surface area contributed by atoms with E-state index in [1.165, 1.54) is 6.92 Å². The summed E-state index contributed by atoms with van der Waals surface area (Å²) < 4.78 is 7.63. The Morgan fingerprint density at radius 2 is 1.79 bits per heavy atom. The summed E-state index contributed by atoms with van der Waals surface area (Å²) in [6.07, 6.45) is 3.14. The summed E-state index contributed by atoms with van der Waals surface area (Å²) in [5, 5.41) is 1.08. The predicted molar refractivity (Wildman–Crippen MR) is 110 cm³/mol. The molecule has 6 heteroatoms. The van der Waals surface area contributed by atoms with Gasteiger partial charge in [-0.25, -0.2) is 4.98 Å². The Balaban J connectivity index is 2.10. The maximum absolute atomic E-state index is 11.5. The lowest BCUT2D eigenvalue weighted by Gasteiger charge is -2.16. The third kappa shape index (κ3) is 4.81. The highest BCUT2D eigenvalue weighted by Gasteiger charge is 2.25. The zero-order valence-corrected chi connectivity index (χ0v) is 17.4. The summed E-state index contributed by atoms with van der Waals surface area (Å²) >= 11 is 1.69. The lowest BCUT2D eigenvalue weighted by molar-refractivity contribution is -0.146. The van der Waals surface area contributed by atoms with Crippen LogP contribution in [0.15, 0.2) is 64.8 Å². The number of aromatic nitrogens is 3. The topological polar surface area (TPSA) is 57.0 Å². The fourth-order valence-electron chi connectivity index (χ4n) is 2.99. The monoisotopic (exact) mass is 395 g/mol. The first kappa shape index (κ1) is 20.1. The minimum atomic E-state index is -0.429. The number of rotatable bonds is 7. The van der Waals surface area contributed by atoms with E-state index in [-0.39, 0.29) is 11.9 Å². The maximum atomic E-state index is 11.5. The van der Waals surface area contributed by atoms with Gasteiger partial charge in [0.2, 0.25) is 0 Å². The molecule has 2 aromatic heterocycles. The van der Waals surface area contributed by atoms with E-state index >= 15 is 0 Å². The molecule has 0 aliphatic rings. The molecule has 0 fully saturated rings. The van der Waals surface area contributed by atoms with Crippen molar-refractivity contribution in [3.63, 3.8) is 0 Å². The van der Waals surface area contributed by atoms with Crippen molar-refractivity contribution in [1.29, 1.82) is 0 Å². The molecule has 0 aliphatic heterocycles. The van der Waals surface area contributed by atoms with Gasteiger partial charge in [-0.15, -0.1) is 0 Å². The Bertz CT molecular complexity index is 924. The van der Waals surface area contributed by atoms with E-state index in [0.29, 0.717) is 6.54 Å². The Hall–Kier alpha value is -2.60. The molecule has 1 unspecified atom stereocenters. The van der Waals surface area contributed by atoms with Gasteiger partial charge in [-0.3, -0.25) is 9.78 Å². The lowest BCUT2D eigenvalue weighted by atomic mass is 10.1. The van der Waals surface area contributed by atoms with Crippen LogP contribution in [-0.2, 0) is 16.1 Å². The van der Waals surface area contributed by atoms with Gasteiger partial charge in [0.05, 0.1) is 12.2 Å². The van der Waals surface area contributed by atoms with E-state index in [0.717, 1.165) is 27.0 Å². The van der Waals surface area contributed by atoms with Gasteiger partial charge in [0.1, 0.15) is 5.03 Å². The SMILES string of the molecule is CC(=O)OC(C)c1nc(C(C)C)c(Sc2ccccc2)n1Cc1ccncc1. The zero-order valence-electron chi connectivity index (χ0n) is 16.6. The van der Waals surface area contributed by atoms with Gasteiger partial charge in [0, 0.05) is 24.2 Å². The highest BCUT2D eigenvalue weighted by Crippen LogP contribution is 2.37. The Labute approximate surface area is 170 Å². The first-order valence-corrected chi connectivity index (χ1v) is 10.2. The number of pyridine rings is 1. The number of imidazole rings is 1. The summed E-state index contributed by atoms with van der Waals surface area (Å²) in [7, 11) is 0. The van der Waals surface area contributed by atoms with Crippen LogP contribution >= 0.6 is 11.8 Å². The van der Waals surface area contributed by atoms with Crippen molar-refractivity contribution in [2.45, 2.75) is 56.2 Å². The number of esters is 1. The van der Waals surface area contributed by atoms with E-state index in [1.54, 1.807) is 24.2 Å². The first-order valence-electron chi connectivity index (χ1n) is 9.35. The van der Waals surface area contributed by atoms with Crippen LogP contribution in [0.3, 0.4) is 0 Å². The normalized spacial score (nSPS) is 12.2. The van der Waals surface area contributed by atoms with Crippen LogP contribution in [0.5, 0.6) is 0 Å². The van der Waals surface area contributed by atoms with Crippen molar-refractivity contribution in [2.24, 2.45) is 0 Å². The van der Waals surface area contributed by atoms with E-state index in [2.05, 4.69) is 35.5 Å². The second kappa shape index (κ2) is 9.06. The van der Waals surface area contributed by atoms with Crippen LogP contribution in [0, 0.1) is 0 Å². The molecular formula is C22H25N3O2S. The molecule has 0 bridgehead atoms. The average Bonchev–Trinajstić information content (AvgIpc) is 3.01. The molecule has 0 N–H and O–H groups in total. The third-order valence-electron chi connectivity index (χ3n) is 4.28. The summed E-state index contributed by atoms with van der Waals surface area (Å²) in [5.41, 5.74) is 2.13. The molecule has 5 nitrogen and oxygen atoms in total. The molecule has 0 aliphatic carbocycles. The van der Waals surface area contributed by atoms with Gasteiger partial charge in [0.25, 0.3) is 0 Å². The molecular weight excluding hydrogens is 370 g/mol. The van der Waals surface area contributed by atoms with E-state index in [9.17, 15) is 4.79 Å². The van der Waals surface area contributed by atoms with Crippen LogP contribution < -0.4 is 0 Å². The Kier molecular flexibility index (Phi) is 6.52. The average molecular weight is 396 g/mol. The molecule has 3 rings (SSSR count). The molecule has 0 saturated heterocycles. The Morgan fingerprint density at radius 1 is 1.11 bits per heavy atom. The summed E-state index contributed by atoms with van der Waals surface area (Å²) in [5.74, 6) is 0.691. The van der Waals surface area contributed by atoms with Gasteiger partial charge >= 0.3 is 5.97 Å². The Morgan fingerprint density at radius 3 is 2.39 bits per heavy atom. The molecule has 0 radical (unpaired) electrons. The number of carbonyl (C=O) groups excluding carboxylic acids is 1. The standard InChI is InChI=1S/C22H25N3O2S/c1-15(2)20-22(28-19-8-6-5-7-9-19)25(14-18-10-12-23-13-11-18)21(24-20)16(3)27-17(4)26/h5-13,15-16H,14H2,1-4H3. The maximum Gasteiger partial charge on any atom is 0.303 e. The van der Waals surface area contributed by atoms with Gasteiger partial charge in [-0.2, -0.15) is 0 Å². The van der Waals surface area contributed by atoms with Crippen molar-refractivity contribution >= 4 is 17.7 Å². The fourth-order valence-corrected chi connectivity index (χ4v) is 4.16. The molecule has 28 heavy (non-hydrogen) atoms. The molecule has 1 aromatic carbocycles. The van der Waals surface area contributed by atoms with E-state index in [4.69, 9.17) is 9.72 Å². The minimum Gasteiger partial charge on any atom is -0.455 e. The number of benzene rings is 1. The summed E-state index contributed by atoms with van der Waals surface area (Å²) in [4.78, 5) is 21.7. The number of carbonyl (C=O) groups is 1. The van der Waals surface area contributed by atoms with Gasteiger partial charge in [-0.05, 0) is 42.7 Å². The van der Waals surface area contributed by atoms with E-state index < -0.39 is 6.10 Å². The first-order chi connectivity index (χ1) is 13.5. The van der Waals surface area contributed by atoms with Crippen molar-refractivity contribution in [2.75, 3.05) is 0 Å². The second-order valence-electron chi connectivity index (χ2n) is 6.92. The van der Waals surface area contributed by atoms with Crippen LogP contribution in [-0.4, -0.2) is 20.5 Å². The third-order valence-corrected chi connectivity index (χ3v) is 5.41. The molecule has 0 saturated carbocycles. The highest BCUT2D eigenvalue weighted by molar-refractivity contribution is 7.99. The molecule has 0 amide bonds. The predicted octanol–water partition coefficient (Wildman–Crippen LogP) is 5.23. The highest BCUT2D eigenvalue weighted by atomic mass is 32.2. The van der Waals surface area contributed by atoms with Crippen LogP contribution in [0.25, 0.3) is 0 Å². The number of ether oxygens (including phenoxy) is 1. The molecule has 2 heterocycles. The van der Waals surface area contributed by atoms with Crippen molar-refractivity contribution in [3.05, 3.63) is 71.9 Å². The lowest BCUT2D eigenvalue weighted by Crippen LogP contribution is -2.13. The quantitative estimate of drug-likeness (QED) is 0.513. The number of hydrogen-bond donors (Lipinski definition) is 0. The zero-order chi connectivity index (χ0) is 20.1. The number of nitrogens with zero attached hydrogens (tertiary/aromatic N) is 3. The largest absolute Gasteiger partial charge is 0.455 e. The van der Waals surface area contributed by atoms with Crippen LogP contribution in [0.2, 0.25) is 0 Å². The smallest absolute Gasteiger partial charge is 0.303 e. The van der Waals surface area contributed by atoms with Crippen molar-refractivity contribution in [3.8, 4) is 0 Å². The van der Waals surface area contributed by atoms with E-state index in [1.807, 2.05) is 37.3 Å². The van der Waals surface area contributed by atoms with Crippen LogP contribution in [0.4, 0.5) is 0 Å². The number of hydrogen-bond acceptors (Lipinski definition) is 5. The summed E-state index contributed by atoms with van der Waals surface area (Å²) in [6, 6.07) is 14.2. The molecule has 146 valence electrons. The minimum absolute atomic E-state index is 0.244. The molecule has 0 spiro atoms. The molecule has 1 atom stereocenters. The van der Waals surface area contributed by atoms with Crippen molar-refractivity contribution < 1.29 is 9.53 Å². The second-order valence-corrected chi connectivity index (χ2v) is 7.99.